The first-order valence-electron chi connectivity index (χ1n) is 4.37. The summed E-state index contributed by atoms with van der Waals surface area (Å²) in [6.45, 7) is 7.26. The first-order chi connectivity index (χ1) is 4.75. The van der Waals surface area contributed by atoms with Gasteiger partial charge in [0.1, 0.15) is 0 Å². The Balaban J connectivity index is 2.61. The van der Waals surface area contributed by atoms with E-state index in [0.717, 1.165) is 4.87 Å². The van der Waals surface area contributed by atoms with Crippen LogP contribution in [-0.2, 0) is 0 Å². The second-order valence-electron chi connectivity index (χ2n) is 3.33. The van der Waals surface area contributed by atoms with Crippen LogP contribution < -0.4 is 0 Å². The van der Waals surface area contributed by atoms with Crippen LogP contribution in [0.3, 0.4) is 0 Å². The van der Waals surface area contributed by atoms with Gasteiger partial charge in [0, 0.05) is 0 Å². The lowest BCUT2D eigenvalue weighted by atomic mass is 10.9. The van der Waals surface area contributed by atoms with Crippen molar-refractivity contribution in [3.8, 4) is 0 Å². The van der Waals surface area contributed by atoms with Gasteiger partial charge in [0.2, 0.25) is 0 Å². The molecule has 1 unspecified atom stereocenters. The molecule has 0 aromatic heterocycles. The van der Waals surface area contributed by atoms with Gasteiger partial charge in [-0.15, -0.1) is 0 Å². The molecule has 2 heteroatoms. The first-order valence-corrected chi connectivity index (χ1v) is 8.11. The molecule has 0 aromatic rings. The van der Waals surface area contributed by atoms with Crippen molar-refractivity contribution >= 4 is 19.8 Å². The molecule has 0 radical (unpaired) electrons. The highest BCUT2D eigenvalue weighted by molar-refractivity contribution is 8.02. The van der Waals surface area contributed by atoms with Gasteiger partial charge in [0.25, 0.3) is 0 Å². The van der Waals surface area contributed by atoms with Gasteiger partial charge in [0.15, 0.2) is 0 Å². The summed E-state index contributed by atoms with van der Waals surface area (Å²) in [5, 5.41) is 0. The Morgan fingerprint density at radius 2 is 2.00 bits per heavy atom. The molecule has 10 heavy (non-hydrogen) atoms. The summed E-state index contributed by atoms with van der Waals surface area (Å²) < 4.78 is 0. The monoisotopic (exact) mass is 174 g/mol. The molecule has 1 saturated heterocycles. The third-order valence-electron chi connectivity index (χ3n) is 3.24. The van der Waals surface area contributed by atoms with Crippen molar-refractivity contribution in [2.45, 2.75) is 43.8 Å². The van der Waals surface area contributed by atoms with Crippen LogP contribution in [0.2, 0.25) is 18.1 Å². The minimum atomic E-state index is -0.721. The average molecular weight is 174 g/mol. The van der Waals surface area contributed by atoms with Gasteiger partial charge in [0.05, 0.1) is 8.07 Å². The van der Waals surface area contributed by atoms with E-state index < -0.39 is 8.07 Å². The number of hydrogen-bond acceptors (Lipinski definition) is 1. The van der Waals surface area contributed by atoms with Crippen LogP contribution in [0.5, 0.6) is 0 Å². The molecule has 1 aliphatic heterocycles. The highest BCUT2D eigenvalue weighted by atomic mass is 32.2. The molecule has 1 aliphatic rings. The summed E-state index contributed by atoms with van der Waals surface area (Å²) in [5.74, 6) is 1.45. The highest BCUT2D eigenvalue weighted by Crippen LogP contribution is 2.39. The quantitative estimate of drug-likeness (QED) is 0.580. The maximum atomic E-state index is 2.46. The third-order valence-corrected chi connectivity index (χ3v) is 12.3. The Morgan fingerprint density at radius 3 is 2.20 bits per heavy atom. The molecule has 0 bridgehead atoms. The predicted molar refractivity (Wildman–Crippen MR) is 53.4 cm³/mol. The molecule has 0 N–H and O–H groups in total. The van der Waals surface area contributed by atoms with E-state index in [9.17, 15) is 0 Å². The summed E-state index contributed by atoms with van der Waals surface area (Å²) in [7, 11) is -0.721. The maximum Gasteiger partial charge on any atom is 0.0677 e. The lowest BCUT2D eigenvalue weighted by molar-refractivity contribution is 1.13. The molecule has 60 valence electrons. The number of thioether (sulfide) groups is 1. The molecular formula is C8H18SSi. The smallest absolute Gasteiger partial charge is 0.0677 e. The van der Waals surface area contributed by atoms with Gasteiger partial charge in [-0.2, -0.15) is 11.8 Å². The normalized spacial score (nSPS) is 30.9. The van der Waals surface area contributed by atoms with Gasteiger partial charge in [-0.25, -0.2) is 0 Å². The SMILES string of the molecule is CC[Si]1(CC)CCSC1C. The van der Waals surface area contributed by atoms with Gasteiger partial charge >= 0.3 is 0 Å². The third kappa shape index (κ3) is 1.28. The maximum absolute atomic E-state index is 2.46. The van der Waals surface area contributed by atoms with Crippen LogP contribution in [0.4, 0.5) is 0 Å². The Kier molecular flexibility index (Phi) is 2.87. The highest BCUT2D eigenvalue weighted by Gasteiger charge is 2.39. The van der Waals surface area contributed by atoms with Crippen molar-refractivity contribution < 1.29 is 0 Å². The van der Waals surface area contributed by atoms with E-state index in [-0.39, 0.29) is 0 Å². The molecule has 0 aromatic carbocycles. The van der Waals surface area contributed by atoms with E-state index in [1.807, 2.05) is 0 Å². The molecule has 1 rings (SSSR count). The van der Waals surface area contributed by atoms with E-state index in [1.54, 1.807) is 6.04 Å². The number of hydrogen-bond donors (Lipinski definition) is 0. The second kappa shape index (κ2) is 3.31. The molecule has 0 aliphatic carbocycles. The van der Waals surface area contributed by atoms with Crippen molar-refractivity contribution in [1.82, 2.24) is 0 Å². The summed E-state index contributed by atoms with van der Waals surface area (Å²) in [5.41, 5.74) is 0. The van der Waals surface area contributed by atoms with Crippen LogP contribution in [0.15, 0.2) is 0 Å². The standard InChI is InChI=1S/C8H18SSi/c1-4-10(5-2)7-6-9-8(10)3/h8H,4-7H2,1-3H3. The van der Waals surface area contributed by atoms with Crippen LogP contribution >= 0.6 is 11.8 Å². The van der Waals surface area contributed by atoms with Gasteiger partial charge in [-0.05, 0) is 16.7 Å². The van der Waals surface area contributed by atoms with E-state index in [4.69, 9.17) is 0 Å². The molecule has 0 saturated carbocycles. The Morgan fingerprint density at radius 1 is 1.40 bits per heavy atom. The van der Waals surface area contributed by atoms with Crippen LogP contribution in [0.1, 0.15) is 20.8 Å². The van der Waals surface area contributed by atoms with E-state index in [0.29, 0.717) is 0 Å². The van der Waals surface area contributed by atoms with Crippen molar-refractivity contribution in [3.63, 3.8) is 0 Å². The molecule has 1 atom stereocenters. The molecule has 0 nitrogen and oxygen atoms in total. The summed E-state index contributed by atoms with van der Waals surface area (Å²) in [6.07, 6.45) is 0. The first kappa shape index (κ1) is 8.66. The summed E-state index contributed by atoms with van der Waals surface area (Å²) in [4.78, 5) is 1.04. The fraction of sp³-hybridized carbons (Fsp3) is 1.00. The summed E-state index contributed by atoms with van der Waals surface area (Å²) in [6, 6.07) is 4.61. The predicted octanol–water partition coefficient (Wildman–Crippen LogP) is 3.15. The zero-order valence-corrected chi connectivity index (χ0v) is 9.13. The van der Waals surface area contributed by atoms with Crippen molar-refractivity contribution in [1.29, 1.82) is 0 Å². The fourth-order valence-corrected chi connectivity index (χ4v) is 10.3. The zero-order chi connectivity index (χ0) is 7.61. The average Bonchev–Trinajstić information content (AvgIpc) is 2.32. The lowest BCUT2D eigenvalue weighted by Crippen LogP contribution is -2.38. The topological polar surface area (TPSA) is 0 Å². The minimum absolute atomic E-state index is 0.721. The number of rotatable bonds is 2. The van der Waals surface area contributed by atoms with E-state index in [2.05, 4.69) is 32.5 Å². The molecular weight excluding hydrogens is 156 g/mol. The largest absolute Gasteiger partial charge is 0.162 e. The van der Waals surface area contributed by atoms with Crippen molar-refractivity contribution in [3.05, 3.63) is 0 Å². The van der Waals surface area contributed by atoms with Crippen LogP contribution in [0, 0.1) is 0 Å². The molecule has 0 amide bonds. The van der Waals surface area contributed by atoms with Crippen molar-refractivity contribution in [2.75, 3.05) is 5.75 Å². The summed E-state index contributed by atoms with van der Waals surface area (Å²) >= 11 is 2.22. The molecule has 1 fully saturated rings. The Hall–Kier alpha value is 0.567. The van der Waals surface area contributed by atoms with E-state index >= 15 is 0 Å². The fourth-order valence-electron chi connectivity index (χ4n) is 2.00. The Labute approximate surface area is 69.8 Å². The Bertz CT molecular complexity index is 110. The van der Waals surface area contributed by atoms with Crippen LogP contribution in [-0.4, -0.2) is 18.7 Å². The van der Waals surface area contributed by atoms with Crippen molar-refractivity contribution in [2.24, 2.45) is 0 Å². The minimum Gasteiger partial charge on any atom is -0.162 e. The van der Waals surface area contributed by atoms with Crippen LogP contribution in [0.25, 0.3) is 0 Å². The lowest BCUT2D eigenvalue weighted by Gasteiger charge is -2.27. The molecule has 0 spiro atoms. The van der Waals surface area contributed by atoms with Gasteiger partial charge < -0.3 is 0 Å². The zero-order valence-electron chi connectivity index (χ0n) is 7.31. The van der Waals surface area contributed by atoms with Gasteiger partial charge in [-0.3, -0.25) is 0 Å². The second-order valence-corrected chi connectivity index (χ2v) is 10.7. The van der Waals surface area contributed by atoms with E-state index in [1.165, 1.54) is 17.8 Å². The van der Waals surface area contributed by atoms with Gasteiger partial charge in [-0.1, -0.05) is 32.9 Å². The molecule has 1 heterocycles.